The third-order valence-electron chi connectivity index (χ3n) is 3.11. The summed E-state index contributed by atoms with van der Waals surface area (Å²) in [5, 5.41) is 12.1. The number of aliphatic hydroxyl groups is 1. The smallest absolute Gasteiger partial charge is 0.261 e. The van der Waals surface area contributed by atoms with Gasteiger partial charge in [0.2, 0.25) is 0 Å². The van der Waals surface area contributed by atoms with E-state index in [4.69, 9.17) is 4.74 Å². The van der Waals surface area contributed by atoms with E-state index < -0.39 is 6.10 Å². The van der Waals surface area contributed by atoms with Crippen LogP contribution in [-0.2, 0) is 4.79 Å². The van der Waals surface area contributed by atoms with Crippen molar-refractivity contribution in [2.45, 2.75) is 38.2 Å². The molecule has 3 atom stereocenters. The second kappa shape index (κ2) is 8.17. The summed E-state index contributed by atoms with van der Waals surface area (Å²) in [6, 6.07) is 7.48. The molecule has 0 aromatic heterocycles. The first-order valence-electron chi connectivity index (χ1n) is 6.65. The molecule has 1 amide bonds. The Bertz CT molecular complexity index is 418. The summed E-state index contributed by atoms with van der Waals surface area (Å²) in [7, 11) is 0. The maximum atomic E-state index is 12.0. The first-order chi connectivity index (χ1) is 9.47. The number of aliphatic hydroxyl groups excluding tert-OH is 1. The van der Waals surface area contributed by atoms with Gasteiger partial charge in [0.15, 0.2) is 6.10 Å². The Morgan fingerprint density at radius 2 is 1.95 bits per heavy atom. The number of carbonyl (C=O) groups excluding carboxylic acids is 1. The lowest BCUT2D eigenvalue weighted by Gasteiger charge is -2.23. The minimum absolute atomic E-state index is 0.00877. The zero-order valence-corrected chi connectivity index (χ0v) is 13.2. The lowest BCUT2D eigenvalue weighted by atomic mass is 10.2. The van der Waals surface area contributed by atoms with Gasteiger partial charge < -0.3 is 15.2 Å². The molecule has 0 bridgehead atoms. The van der Waals surface area contributed by atoms with E-state index in [1.54, 1.807) is 6.92 Å². The fourth-order valence-electron chi connectivity index (χ4n) is 1.75. The van der Waals surface area contributed by atoms with Crippen LogP contribution in [0.25, 0.3) is 0 Å². The van der Waals surface area contributed by atoms with Crippen LogP contribution in [0.4, 0.5) is 0 Å². The van der Waals surface area contributed by atoms with Crippen molar-refractivity contribution in [3.05, 3.63) is 29.8 Å². The summed E-state index contributed by atoms with van der Waals surface area (Å²) >= 11 is 1.53. The SMILES string of the molecule is CSC(CO)C(C)NC(=O)C(C)Oc1ccc(C)cc1. The lowest BCUT2D eigenvalue weighted by molar-refractivity contribution is -0.127. The number of ether oxygens (including phenoxy) is 1. The molecule has 0 heterocycles. The number of benzene rings is 1. The van der Waals surface area contributed by atoms with Crippen LogP contribution in [0.15, 0.2) is 24.3 Å². The van der Waals surface area contributed by atoms with Gasteiger partial charge in [-0.25, -0.2) is 0 Å². The van der Waals surface area contributed by atoms with Gasteiger partial charge in [0, 0.05) is 11.3 Å². The second-order valence-corrected chi connectivity index (χ2v) is 5.90. The van der Waals surface area contributed by atoms with Crippen molar-refractivity contribution in [2.75, 3.05) is 12.9 Å². The van der Waals surface area contributed by atoms with Gasteiger partial charge in [0.05, 0.1) is 6.61 Å². The van der Waals surface area contributed by atoms with Crippen molar-refractivity contribution in [2.24, 2.45) is 0 Å². The van der Waals surface area contributed by atoms with Gasteiger partial charge in [-0.05, 0) is 39.2 Å². The molecule has 1 aromatic rings. The Balaban J connectivity index is 2.52. The normalized spacial score (nSPS) is 15.2. The number of hydrogen-bond donors (Lipinski definition) is 2. The molecule has 1 aromatic carbocycles. The van der Waals surface area contributed by atoms with Gasteiger partial charge in [0.25, 0.3) is 5.91 Å². The monoisotopic (exact) mass is 297 g/mol. The largest absolute Gasteiger partial charge is 0.481 e. The van der Waals surface area contributed by atoms with Gasteiger partial charge in [-0.3, -0.25) is 4.79 Å². The van der Waals surface area contributed by atoms with E-state index in [0.29, 0.717) is 5.75 Å². The third kappa shape index (κ3) is 5.06. The standard InChI is InChI=1S/C15H23NO3S/c1-10-5-7-13(8-6-10)19-12(3)15(18)16-11(2)14(9-17)20-4/h5-8,11-12,14,17H,9H2,1-4H3,(H,16,18). The van der Waals surface area contributed by atoms with E-state index >= 15 is 0 Å². The molecule has 5 heteroatoms. The summed E-state index contributed by atoms with van der Waals surface area (Å²) in [5.41, 5.74) is 1.15. The molecule has 3 unspecified atom stereocenters. The van der Waals surface area contributed by atoms with Crippen molar-refractivity contribution in [3.8, 4) is 5.75 Å². The molecule has 0 saturated heterocycles. The molecule has 20 heavy (non-hydrogen) atoms. The second-order valence-electron chi connectivity index (χ2n) is 4.83. The van der Waals surface area contributed by atoms with Crippen molar-refractivity contribution < 1.29 is 14.6 Å². The Morgan fingerprint density at radius 3 is 2.45 bits per heavy atom. The number of hydrogen-bond acceptors (Lipinski definition) is 4. The fraction of sp³-hybridized carbons (Fsp3) is 0.533. The molecule has 4 nitrogen and oxygen atoms in total. The highest BCUT2D eigenvalue weighted by molar-refractivity contribution is 7.99. The number of rotatable bonds is 7. The average molecular weight is 297 g/mol. The molecule has 0 aliphatic carbocycles. The quantitative estimate of drug-likeness (QED) is 0.808. The molecule has 0 spiro atoms. The molecule has 0 aliphatic heterocycles. The molecule has 112 valence electrons. The maximum absolute atomic E-state index is 12.0. The van der Waals surface area contributed by atoms with Crippen LogP contribution in [0, 0.1) is 6.92 Å². The summed E-state index contributed by atoms with van der Waals surface area (Å²) in [6.45, 7) is 5.64. The summed E-state index contributed by atoms with van der Waals surface area (Å²) in [6.07, 6.45) is 1.34. The van der Waals surface area contributed by atoms with Crippen molar-refractivity contribution in [3.63, 3.8) is 0 Å². The van der Waals surface area contributed by atoms with Crippen LogP contribution in [0.1, 0.15) is 19.4 Å². The number of amides is 1. The molecule has 0 fully saturated rings. The van der Waals surface area contributed by atoms with Crippen LogP contribution < -0.4 is 10.1 Å². The third-order valence-corrected chi connectivity index (χ3v) is 4.28. The Kier molecular flexibility index (Phi) is 6.88. The number of carbonyl (C=O) groups is 1. The fourth-order valence-corrected chi connectivity index (χ4v) is 2.37. The van der Waals surface area contributed by atoms with Gasteiger partial charge in [-0.1, -0.05) is 17.7 Å². The first kappa shape index (κ1) is 16.9. The number of nitrogens with one attached hydrogen (secondary N) is 1. The highest BCUT2D eigenvalue weighted by atomic mass is 32.2. The maximum Gasteiger partial charge on any atom is 0.261 e. The van der Waals surface area contributed by atoms with Gasteiger partial charge >= 0.3 is 0 Å². The average Bonchev–Trinajstić information content (AvgIpc) is 2.42. The molecule has 1 rings (SSSR count). The summed E-state index contributed by atoms with van der Waals surface area (Å²) < 4.78 is 5.60. The minimum Gasteiger partial charge on any atom is -0.481 e. The van der Waals surface area contributed by atoms with Gasteiger partial charge in [-0.15, -0.1) is 0 Å². The molecule has 0 aliphatic rings. The highest BCUT2D eigenvalue weighted by Gasteiger charge is 2.21. The van der Waals surface area contributed by atoms with E-state index in [1.165, 1.54) is 11.8 Å². The Morgan fingerprint density at radius 1 is 1.35 bits per heavy atom. The first-order valence-corrected chi connectivity index (χ1v) is 7.94. The van der Waals surface area contributed by atoms with Gasteiger partial charge in [-0.2, -0.15) is 11.8 Å². The van der Waals surface area contributed by atoms with E-state index in [9.17, 15) is 9.90 Å². The Hall–Kier alpha value is -1.20. The van der Waals surface area contributed by atoms with E-state index in [2.05, 4.69) is 5.32 Å². The number of thioether (sulfide) groups is 1. The minimum atomic E-state index is -0.568. The molecular weight excluding hydrogens is 274 g/mol. The Labute approximate surface area is 124 Å². The zero-order chi connectivity index (χ0) is 15.1. The van der Waals surface area contributed by atoms with Crippen LogP contribution >= 0.6 is 11.8 Å². The molecule has 2 N–H and O–H groups in total. The van der Waals surface area contributed by atoms with E-state index in [0.717, 1.165) is 5.56 Å². The van der Waals surface area contributed by atoms with Crippen molar-refractivity contribution in [1.29, 1.82) is 0 Å². The molecule has 0 radical (unpaired) electrons. The zero-order valence-electron chi connectivity index (χ0n) is 12.4. The molecular formula is C15H23NO3S. The van der Waals surface area contributed by atoms with Crippen molar-refractivity contribution in [1.82, 2.24) is 5.32 Å². The summed E-state index contributed by atoms with van der Waals surface area (Å²) in [4.78, 5) is 12.0. The van der Waals surface area contributed by atoms with Crippen LogP contribution in [0.2, 0.25) is 0 Å². The predicted molar refractivity (Wildman–Crippen MR) is 83.3 cm³/mol. The van der Waals surface area contributed by atoms with E-state index in [1.807, 2.05) is 44.4 Å². The highest BCUT2D eigenvalue weighted by Crippen LogP contribution is 2.14. The topological polar surface area (TPSA) is 58.6 Å². The van der Waals surface area contributed by atoms with Crippen LogP contribution in [-0.4, -0.2) is 41.3 Å². The van der Waals surface area contributed by atoms with E-state index in [-0.39, 0.29) is 23.8 Å². The van der Waals surface area contributed by atoms with Crippen LogP contribution in [0.5, 0.6) is 5.75 Å². The lowest BCUT2D eigenvalue weighted by Crippen LogP contribution is -2.46. The predicted octanol–water partition coefficient (Wildman–Crippen LogP) is 1.99. The van der Waals surface area contributed by atoms with Crippen molar-refractivity contribution >= 4 is 17.7 Å². The number of aryl methyl sites for hydroxylation is 1. The van der Waals surface area contributed by atoms with Gasteiger partial charge in [0.1, 0.15) is 5.75 Å². The molecule has 0 saturated carbocycles. The summed E-state index contributed by atoms with van der Waals surface area (Å²) in [5.74, 6) is 0.500. The van der Waals surface area contributed by atoms with Crippen LogP contribution in [0.3, 0.4) is 0 Å².